The summed E-state index contributed by atoms with van der Waals surface area (Å²) < 4.78 is 32.7. The molecule has 0 saturated heterocycles. The monoisotopic (exact) mass is 286 g/mol. The molecule has 1 aromatic carbocycles. The Labute approximate surface area is 111 Å². The van der Waals surface area contributed by atoms with Gasteiger partial charge >= 0.3 is 0 Å². The minimum Gasteiger partial charge on any atom is -0.282 e. The lowest BCUT2D eigenvalue weighted by molar-refractivity contribution is 0.483. The van der Waals surface area contributed by atoms with Crippen molar-refractivity contribution in [3.63, 3.8) is 0 Å². The van der Waals surface area contributed by atoms with Crippen molar-refractivity contribution in [1.29, 1.82) is 0 Å². The lowest BCUT2D eigenvalue weighted by atomic mass is 10.2. The molecule has 3 nitrogen and oxygen atoms in total. The summed E-state index contributed by atoms with van der Waals surface area (Å²) in [5.41, 5.74) is 2.23. The molecule has 0 atom stereocenters. The molecule has 0 unspecified atom stereocenters. The maximum atomic E-state index is 11.6. The SMILES string of the molecule is Cc1cc(C)c([Si](C)(C)C(C)C)c(S(=O)(=O)O)c1. The first-order valence-electron chi connectivity index (χ1n) is 6.07. The summed E-state index contributed by atoms with van der Waals surface area (Å²) in [4.78, 5) is 0.102. The van der Waals surface area contributed by atoms with Gasteiger partial charge in [0.25, 0.3) is 10.1 Å². The minimum atomic E-state index is -4.16. The Bertz CT molecular complexity index is 560. The average Bonchev–Trinajstić information content (AvgIpc) is 2.13. The van der Waals surface area contributed by atoms with Gasteiger partial charge in [0.05, 0.1) is 13.0 Å². The summed E-state index contributed by atoms with van der Waals surface area (Å²) in [6.45, 7) is 12.3. The lowest BCUT2D eigenvalue weighted by Crippen LogP contribution is -2.48. The van der Waals surface area contributed by atoms with Crippen molar-refractivity contribution in [3.8, 4) is 0 Å². The Kier molecular flexibility index (Phi) is 4.10. The lowest BCUT2D eigenvalue weighted by Gasteiger charge is -2.31. The standard InChI is InChI=1S/C13H22O3SSi/c1-9(2)18(5,6)13-11(4)7-10(3)8-12(13)17(14,15)16/h7-9H,1-6H3,(H,14,15,16). The molecular formula is C13H22O3SSi. The van der Waals surface area contributed by atoms with Crippen molar-refractivity contribution in [2.75, 3.05) is 0 Å². The highest BCUT2D eigenvalue weighted by molar-refractivity contribution is 7.86. The number of benzene rings is 1. The summed E-state index contributed by atoms with van der Waals surface area (Å²) in [6, 6.07) is 3.57. The Morgan fingerprint density at radius 1 is 1.17 bits per heavy atom. The molecule has 18 heavy (non-hydrogen) atoms. The van der Waals surface area contributed by atoms with Gasteiger partial charge < -0.3 is 0 Å². The Hall–Kier alpha value is -0.653. The third-order valence-corrected chi connectivity index (χ3v) is 9.71. The zero-order chi connectivity index (χ0) is 14.3. The fourth-order valence-electron chi connectivity index (χ4n) is 2.25. The van der Waals surface area contributed by atoms with Crippen LogP contribution in [0.3, 0.4) is 0 Å². The molecular weight excluding hydrogens is 264 g/mol. The third-order valence-electron chi connectivity index (χ3n) is 3.81. The average molecular weight is 286 g/mol. The molecule has 0 aliphatic carbocycles. The van der Waals surface area contributed by atoms with Gasteiger partial charge in [-0.3, -0.25) is 4.55 Å². The molecule has 0 amide bonds. The second-order valence-corrected chi connectivity index (χ2v) is 12.3. The van der Waals surface area contributed by atoms with Crippen LogP contribution in [0, 0.1) is 13.8 Å². The third kappa shape index (κ3) is 2.84. The van der Waals surface area contributed by atoms with E-state index in [1.165, 1.54) is 0 Å². The van der Waals surface area contributed by atoms with E-state index in [1.54, 1.807) is 6.07 Å². The van der Waals surface area contributed by atoms with E-state index in [4.69, 9.17) is 0 Å². The van der Waals surface area contributed by atoms with Crippen molar-refractivity contribution in [2.24, 2.45) is 0 Å². The molecule has 0 aliphatic rings. The van der Waals surface area contributed by atoms with Gasteiger partial charge in [-0.15, -0.1) is 0 Å². The Balaban J connectivity index is 3.73. The predicted molar refractivity (Wildman–Crippen MR) is 77.9 cm³/mol. The molecule has 1 rings (SSSR count). The second-order valence-electron chi connectivity index (χ2n) is 5.81. The molecule has 1 aromatic rings. The van der Waals surface area contributed by atoms with Crippen LogP contribution in [0.25, 0.3) is 0 Å². The van der Waals surface area contributed by atoms with E-state index in [2.05, 4.69) is 26.9 Å². The number of rotatable bonds is 3. The summed E-state index contributed by atoms with van der Waals surface area (Å²) >= 11 is 0. The van der Waals surface area contributed by atoms with Crippen LogP contribution < -0.4 is 5.19 Å². The molecule has 1 N–H and O–H groups in total. The summed E-state index contributed by atoms with van der Waals surface area (Å²) in [5, 5.41) is 0.852. The predicted octanol–water partition coefficient (Wildman–Crippen LogP) is 2.88. The normalized spacial score (nSPS) is 13.1. The molecule has 0 spiro atoms. The van der Waals surface area contributed by atoms with Gasteiger partial charge in [0.2, 0.25) is 0 Å². The molecule has 0 fully saturated rings. The van der Waals surface area contributed by atoms with Crippen LogP contribution in [-0.4, -0.2) is 21.0 Å². The topological polar surface area (TPSA) is 54.4 Å². The zero-order valence-electron chi connectivity index (χ0n) is 11.9. The van der Waals surface area contributed by atoms with Gasteiger partial charge in [0.1, 0.15) is 0 Å². The van der Waals surface area contributed by atoms with Crippen molar-refractivity contribution < 1.29 is 13.0 Å². The molecule has 0 saturated carbocycles. The smallest absolute Gasteiger partial charge is 0.282 e. The summed E-state index contributed by atoms with van der Waals surface area (Å²) in [5.74, 6) is 0. The van der Waals surface area contributed by atoms with Crippen LogP contribution in [0.15, 0.2) is 17.0 Å². The zero-order valence-corrected chi connectivity index (χ0v) is 13.7. The van der Waals surface area contributed by atoms with E-state index in [9.17, 15) is 13.0 Å². The van der Waals surface area contributed by atoms with Crippen LogP contribution in [0.1, 0.15) is 25.0 Å². The maximum Gasteiger partial charge on any atom is 0.294 e. The molecule has 0 aromatic heterocycles. The van der Waals surface area contributed by atoms with E-state index < -0.39 is 18.2 Å². The highest BCUT2D eigenvalue weighted by Crippen LogP contribution is 2.25. The van der Waals surface area contributed by atoms with E-state index >= 15 is 0 Å². The van der Waals surface area contributed by atoms with Gasteiger partial charge in [0.15, 0.2) is 0 Å². The second kappa shape index (κ2) is 4.79. The number of aryl methyl sites for hydroxylation is 2. The van der Waals surface area contributed by atoms with Crippen LogP contribution in [0.2, 0.25) is 18.6 Å². The minimum absolute atomic E-state index is 0.102. The van der Waals surface area contributed by atoms with E-state index in [0.29, 0.717) is 5.54 Å². The highest BCUT2D eigenvalue weighted by atomic mass is 32.2. The molecule has 0 heterocycles. The fraction of sp³-hybridized carbons (Fsp3) is 0.538. The van der Waals surface area contributed by atoms with Crippen LogP contribution in [0.5, 0.6) is 0 Å². The van der Waals surface area contributed by atoms with Gasteiger partial charge in [-0.1, -0.05) is 38.6 Å². The largest absolute Gasteiger partial charge is 0.294 e. The quantitative estimate of drug-likeness (QED) is 0.686. The molecule has 102 valence electrons. The van der Waals surface area contributed by atoms with Gasteiger partial charge in [-0.05, 0) is 36.2 Å². The van der Waals surface area contributed by atoms with E-state index in [0.717, 1.165) is 16.3 Å². The van der Waals surface area contributed by atoms with Crippen LogP contribution in [-0.2, 0) is 10.1 Å². The Morgan fingerprint density at radius 3 is 2.06 bits per heavy atom. The number of hydrogen-bond acceptors (Lipinski definition) is 2. The summed E-state index contributed by atoms with van der Waals surface area (Å²) in [7, 11) is -6.08. The summed E-state index contributed by atoms with van der Waals surface area (Å²) in [6.07, 6.45) is 0. The molecule has 0 radical (unpaired) electrons. The van der Waals surface area contributed by atoms with Gasteiger partial charge in [-0.2, -0.15) is 8.42 Å². The maximum absolute atomic E-state index is 11.6. The van der Waals surface area contributed by atoms with E-state index in [1.807, 2.05) is 19.9 Å². The van der Waals surface area contributed by atoms with Crippen molar-refractivity contribution in [3.05, 3.63) is 23.3 Å². The van der Waals surface area contributed by atoms with Gasteiger partial charge in [-0.25, -0.2) is 0 Å². The van der Waals surface area contributed by atoms with Crippen molar-refractivity contribution in [2.45, 2.75) is 51.2 Å². The van der Waals surface area contributed by atoms with Crippen LogP contribution in [0.4, 0.5) is 0 Å². The van der Waals surface area contributed by atoms with Crippen molar-refractivity contribution in [1.82, 2.24) is 0 Å². The molecule has 5 heteroatoms. The fourth-order valence-corrected chi connectivity index (χ4v) is 6.55. The molecule has 0 bridgehead atoms. The first-order valence-corrected chi connectivity index (χ1v) is 10.6. The number of hydrogen-bond donors (Lipinski definition) is 1. The first kappa shape index (κ1) is 15.4. The van der Waals surface area contributed by atoms with E-state index in [-0.39, 0.29) is 4.90 Å². The highest BCUT2D eigenvalue weighted by Gasteiger charge is 2.34. The van der Waals surface area contributed by atoms with Crippen LogP contribution >= 0.6 is 0 Å². The van der Waals surface area contributed by atoms with Crippen molar-refractivity contribution >= 4 is 23.4 Å². The first-order chi connectivity index (χ1) is 7.98. The Morgan fingerprint density at radius 2 is 1.67 bits per heavy atom. The van der Waals surface area contributed by atoms with Gasteiger partial charge in [0, 0.05) is 0 Å². The molecule has 0 aliphatic heterocycles.